The first-order valence-corrected chi connectivity index (χ1v) is 7.30. The molecule has 0 aliphatic carbocycles. The molecule has 2 rings (SSSR count). The molecule has 0 amide bonds. The summed E-state index contributed by atoms with van der Waals surface area (Å²) >= 11 is 1.93. The van der Waals surface area contributed by atoms with Gasteiger partial charge >= 0.3 is 0 Å². The Labute approximate surface area is 102 Å². The average Bonchev–Trinajstić information content (AvgIpc) is 2.38. The van der Waals surface area contributed by atoms with Crippen LogP contribution in [0.3, 0.4) is 0 Å². The highest BCUT2D eigenvalue weighted by atomic mass is 32.2. The van der Waals surface area contributed by atoms with Crippen LogP contribution in [0.2, 0.25) is 0 Å². The van der Waals surface area contributed by atoms with Crippen molar-refractivity contribution in [3.05, 3.63) is 35.9 Å². The second kappa shape index (κ2) is 6.28. The largest absolute Gasteiger partial charge is 0.314 e. The number of nitrogens with zero attached hydrogens (tertiary/aromatic N) is 1. The van der Waals surface area contributed by atoms with E-state index in [-0.39, 0.29) is 0 Å². The zero-order chi connectivity index (χ0) is 11.2. The molecule has 1 heterocycles. The lowest BCUT2D eigenvalue weighted by Crippen LogP contribution is -2.46. The summed E-state index contributed by atoms with van der Waals surface area (Å²) in [6, 6.07) is 11.4. The number of benzene rings is 1. The molecule has 1 aliphatic rings. The number of nitrogens with one attached hydrogen (secondary N) is 1. The van der Waals surface area contributed by atoms with E-state index in [1.807, 2.05) is 11.8 Å². The summed E-state index contributed by atoms with van der Waals surface area (Å²) < 4.78 is 0. The molecular weight excluding hydrogens is 216 g/mol. The van der Waals surface area contributed by atoms with Gasteiger partial charge in [0.2, 0.25) is 0 Å². The Morgan fingerprint density at radius 1 is 1.38 bits per heavy atom. The first-order chi connectivity index (χ1) is 7.92. The SMILES string of the molecule is CSCCN1CCNCC1c1ccccc1. The molecule has 2 nitrogen and oxygen atoms in total. The molecule has 16 heavy (non-hydrogen) atoms. The van der Waals surface area contributed by atoms with Gasteiger partial charge in [-0.3, -0.25) is 4.90 Å². The van der Waals surface area contributed by atoms with Gasteiger partial charge in [0.25, 0.3) is 0 Å². The van der Waals surface area contributed by atoms with Crippen LogP contribution in [-0.4, -0.2) is 43.1 Å². The molecule has 1 fully saturated rings. The van der Waals surface area contributed by atoms with E-state index in [1.54, 1.807) is 0 Å². The molecule has 1 unspecified atom stereocenters. The van der Waals surface area contributed by atoms with Crippen molar-refractivity contribution in [1.29, 1.82) is 0 Å². The molecule has 1 saturated heterocycles. The number of thioether (sulfide) groups is 1. The lowest BCUT2D eigenvalue weighted by molar-refractivity contribution is 0.172. The van der Waals surface area contributed by atoms with Crippen LogP contribution in [0.5, 0.6) is 0 Å². The van der Waals surface area contributed by atoms with Gasteiger partial charge in [-0.2, -0.15) is 11.8 Å². The molecule has 1 N–H and O–H groups in total. The van der Waals surface area contributed by atoms with Gasteiger partial charge in [-0.15, -0.1) is 0 Å². The number of hydrogen-bond donors (Lipinski definition) is 1. The highest BCUT2D eigenvalue weighted by Crippen LogP contribution is 2.21. The Hall–Kier alpha value is -0.510. The lowest BCUT2D eigenvalue weighted by atomic mass is 10.0. The molecule has 0 aromatic heterocycles. The van der Waals surface area contributed by atoms with Crippen LogP contribution in [0.4, 0.5) is 0 Å². The van der Waals surface area contributed by atoms with Crippen LogP contribution in [-0.2, 0) is 0 Å². The molecule has 3 heteroatoms. The molecule has 0 spiro atoms. The number of piperazine rings is 1. The maximum absolute atomic E-state index is 3.49. The molecule has 1 aromatic carbocycles. The van der Waals surface area contributed by atoms with Crippen LogP contribution in [0.15, 0.2) is 30.3 Å². The molecule has 0 radical (unpaired) electrons. The van der Waals surface area contributed by atoms with Gasteiger partial charge in [-0.05, 0) is 11.8 Å². The Balaban J connectivity index is 2.04. The maximum atomic E-state index is 3.49. The van der Waals surface area contributed by atoms with Crippen molar-refractivity contribution in [2.75, 3.05) is 38.2 Å². The van der Waals surface area contributed by atoms with Crippen molar-refractivity contribution >= 4 is 11.8 Å². The van der Waals surface area contributed by atoms with Gasteiger partial charge in [0.1, 0.15) is 0 Å². The lowest BCUT2D eigenvalue weighted by Gasteiger charge is -2.36. The predicted octanol–water partition coefficient (Wildman–Crippen LogP) is 2.00. The molecule has 0 bridgehead atoms. The smallest absolute Gasteiger partial charge is 0.0473 e. The van der Waals surface area contributed by atoms with Gasteiger partial charge < -0.3 is 5.32 Å². The third-order valence-electron chi connectivity index (χ3n) is 3.12. The highest BCUT2D eigenvalue weighted by Gasteiger charge is 2.22. The quantitative estimate of drug-likeness (QED) is 0.861. The zero-order valence-electron chi connectivity index (χ0n) is 9.86. The average molecular weight is 236 g/mol. The summed E-state index contributed by atoms with van der Waals surface area (Å²) in [5, 5.41) is 3.49. The molecular formula is C13H20N2S. The van der Waals surface area contributed by atoms with Crippen molar-refractivity contribution in [3.8, 4) is 0 Å². The van der Waals surface area contributed by atoms with E-state index in [4.69, 9.17) is 0 Å². The molecule has 1 aromatic rings. The van der Waals surface area contributed by atoms with E-state index in [2.05, 4.69) is 46.8 Å². The first kappa shape index (κ1) is 12.0. The Morgan fingerprint density at radius 3 is 2.94 bits per heavy atom. The standard InChI is InChI=1S/C13H20N2S/c1-16-10-9-15-8-7-14-11-13(15)12-5-3-2-4-6-12/h2-6,13-14H,7-11H2,1H3. The summed E-state index contributed by atoms with van der Waals surface area (Å²) in [6.45, 7) is 4.57. The monoisotopic (exact) mass is 236 g/mol. The highest BCUT2D eigenvalue weighted by molar-refractivity contribution is 7.98. The fourth-order valence-corrected chi connectivity index (χ4v) is 2.64. The van der Waals surface area contributed by atoms with E-state index in [0.717, 1.165) is 13.1 Å². The minimum Gasteiger partial charge on any atom is -0.314 e. The molecule has 88 valence electrons. The predicted molar refractivity (Wildman–Crippen MR) is 72.0 cm³/mol. The van der Waals surface area contributed by atoms with Crippen LogP contribution < -0.4 is 5.32 Å². The van der Waals surface area contributed by atoms with Gasteiger partial charge in [0.15, 0.2) is 0 Å². The van der Waals surface area contributed by atoms with Crippen molar-refractivity contribution in [3.63, 3.8) is 0 Å². The fraction of sp³-hybridized carbons (Fsp3) is 0.538. The number of rotatable bonds is 4. The normalized spacial score (nSPS) is 22.2. The second-order valence-corrected chi connectivity index (χ2v) is 5.14. The van der Waals surface area contributed by atoms with Crippen LogP contribution >= 0.6 is 11.8 Å². The minimum atomic E-state index is 0.557. The van der Waals surface area contributed by atoms with E-state index >= 15 is 0 Å². The van der Waals surface area contributed by atoms with Gasteiger partial charge in [-0.25, -0.2) is 0 Å². The van der Waals surface area contributed by atoms with Crippen LogP contribution in [0, 0.1) is 0 Å². The fourth-order valence-electron chi connectivity index (χ4n) is 2.23. The van der Waals surface area contributed by atoms with E-state index < -0.39 is 0 Å². The topological polar surface area (TPSA) is 15.3 Å². The first-order valence-electron chi connectivity index (χ1n) is 5.90. The molecule has 1 atom stereocenters. The third kappa shape index (κ3) is 3.00. The Bertz CT molecular complexity index is 302. The summed E-state index contributed by atoms with van der Waals surface area (Å²) in [4.78, 5) is 2.60. The maximum Gasteiger partial charge on any atom is 0.0473 e. The van der Waals surface area contributed by atoms with Crippen molar-refractivity contribution in [2.45, 2.75) is 6.04 Å². The summed E-state index contributed by atoms with van der Waals surface area (Å²) in [7, 11) is 0. The summed E-state index contributed by atoms with van der Waals surface area (Å²) in [5.74, 6) is 1.23. The third-order valence-corrected chi connectivity index (χ3v) is 3.71. The van der Waals surface area contributed by atoms with E-state index in [9.17, 15) is 0 Å². The summed E-state index contributed by atoms with van der Waals surface area (Å²) in [5.41, 5.74) is 1.44. The van der Waals surface area contributed by atoms with E-state index in [1.165, 1.54) is 24.4 Å². The van der Waals surface area contributed by atoms with Gasteiger partial charge in [0.05, 0.1) is 0 Å². The van der Waals surface area contributed by atoms with Crippen LogP contribution in [0.25, 0.3) is 0 Å². The molecule has 0 saturated carbocycles. The summed E-state index contributed by atoms with van der Waals surface area (Å²) in [6.07, 6.45) is 2.18. The zero-order valence-corrected chi connectivity index (χ0v) is 10.7. The second-order valence-electron chi connectivity index (χ2n) is 4.16. The number of hydrogen-bond acceptors (Lipinski definition) is 3. The van der Waals surface area contributed by atoms with Crippen LogP contribution in [0.1, 0.15) is 11.6 Å². The van der Waals surface area contributed by atoms with Crippen molar-refractivity contribution in [2.24, 2.45) is 0 Å². The molecule has 1 aliphatic heterocycles. The minimum absolute atomic E-state index is 0.557. The van der Waals surface area contributed by atoms with Crippen molar-refractivity contribution in [1.82, 2.24) is 10.2 Å². The Morgan fingerprint density at radius 2 is 2.19 bits per heavy atom. The Kier molecular flexibility index (Phi) is 4.69. The van der Waals surface area contributed by atoms with E-state index in [0.29, 0.717) is 6.04 Å². The van der Waals surface area contributed by atoms with Gasteiger partial charge in [-0.1, -0.05) is 30.3 Å². The van der Waals surface area contributed by atoms with Crippen molar-refractivity contribution < 1.29 is 0 Å². The van der Waals surface area contributed by atoms with Gasteiger partial charge in [0, 0.05) is 38.0 Å².